The molecule has 0 amide bonds. The van der Waals surface area contributed by atoms with Crippen molar-refractivity contribution >= 4 is 0 Å². The molecular weight excluding hydrogens is 232 g/mol. The third-order valence-corrected chi connectivity index (χ3v) is 3.87. The van der Waals surface area contributed by atoms with Crippen molar-refractivity contribution in [2.24, 2.45) is 17.3 Å². The number of hydrogen-bond donors (Lipinski definition) is 1. The molecule has 1 aliphatic heterocycles. The summed E-state index contributed by atoms with van der Waals surface area (Å²) in [6, 6.07) is 0.704. The molecule has 0 aliphatic carbocycles. The fourth-order valence-electron chi connectivity index (χ4n) is 3.37. The summed E-state index contributed by atoms with van der Waals surface area (Å²) >= 11 is 0. The summed E-state index contributed by atoms with van der Waals surface area (Å²) in [5, 5.41) is 3.78. The van der Waals surface area contributed by atoms with Gasteiger partial charge in [0.2, 0.25) is 0 Å². The van der Waals surface area contributed by atoms with E-state index < -0.39 is 0 Å². The SMILES string of the molecule is CCCN1CC(CC(C)(C)C)CC(NCC(C)C)C1. The van der Waals surface area contributed by atoms with Crippen molar-refractivity contribution < 1.29 is 0 Å². The van der Waals surface area contributed by atoms with Crippen LogP contribution in [0, 0.1) is 17.3 Å². The van der Waals surface area contributed by atoms with Gasteiger partial charge in [0.05, 0.1) is 0 Å². The zero-order valence-corrected chi connectivity index (χ0v) is 14.1. The first kappa shape index (κ1) is 17.0. The fourth-order valence-corrected chi connectivity index (χ4v) is 3.37. The molecule has 0 saturated carbocycles. The van der Waals surface area contributed by atoms with Crippen LogP contribution in [-0.2, 0) is 0 Å². The predicted molar refractivity (Wildman–Crippen MR) is 85.5 cm³/mol. The van der Waals surface area contributed by atoms with Gasteiger partial charge in [-0.15, -0.1) is 0 Å². The van der Waals surface area contributed by atoms with Gasteiger partial charge in [0, 0.05) is 19.1 Å². The van der Waals surface area contributed by atoms with E-state index in [1.165, 1.54) is 38.9 Å². The fraction of sp³-hybridized carbons (Fsp3) is 1.00. The first-order chi connectivity index (χ1) is 8.80. The minimum absolute atomic E-state index is 0.461. The van der Waals surface area contributed by atoms with Gasteiger partial charge in [-0.2, -0.15) is 0 Å². The Balaban J connectivity index is 2.52. The average molecular weight is 268 g/mol. The number of rotatable bonds is 6. The standard InChI is InChI=1S/C17H36N2/c1-7-8-19-12-15(10-17(4,5)6)9-16(13-19)18-11-14(2)3/h14-16,18H,7-13H2,1-6H3. The Morgan fingerprint density at radius 2 is 1.89 bits per heavy atom. The van der Waals surface area contributed by atoms with Gasteiger partial charge < -0.3 is 10.2 Å². The van der Waals surface area contributed by atoms with Crippen LogP contribution in [0.4, 0.5) is 0 Å². The summed E-state index contributed by atoms with van der Waals surface area (Å²) in [7, 11) is 0. The number of hydrogen-bond acceptors (Lipinski definition) is 2. The predicted octanol–water partition coefficient (Wildman–Crippen LogP) is 3.77. The Labute approximate surface area is 121 Å². The zero-order chi connectivity index (χ0) is 14.5. The Morgan fingerprint density at radius 1 is 1.21 bits per heavy atom. The summed E-state index contributed by atoms with van der Waals surface area (Å²) in [4.78, 5) is 2.68. The van der Waals surface area contributed by atoms with E-state index in [2.05, 4.69) is 51.8 Å². The van der Waals surface area contributed by atoms with E-state index in [4.69, 9.17) is 0 Å². The third kappa shape index (κ3) is 7.31. The van der Waals surface area contributed by atoms with Crippen LogP contribution >= 0.6 is 0 Å². The molecule has 0 aromatic heterocycles. The summed E-state index contributed by atoms with van der Waals surface area (Å²) < 4.78 is 0. The van der Waals surface area contributed by atoms with Crippen molar-refractivity contribution in [2.75, 3.05) is 26.2 Å². The molecule has 1 fully saturated rings. The molecule has 1 aliphatic rings. The molecule has 0 aromatic rings. The first-order valence-corrected chi connectivity index (χ1v) is 8.26. The highest BCUT2D eigenvalue weighted by Crippen LogP contribution is 2.30. The molecule has 0 spiro atoms. The van der Waals surface area contributed by atoms with Gasteiger partial charge >= 0.3 is 0 Å². The van der Waals surface area contributed by atoms with Crippen molar-refractivity contribution in [3.05, 3.63) is 0 Å². The van der Waals surface area contributed by atoms with Crippen molar-refractivity contribution in [1.82, 2.24) is 10.2 Å². The molecule has 1 rings (SSSR count). The molecule has 114 valence electrons. The van der Waals surface area contributed by atoms with Gasteiger partial charge in [0.15, 0.2) is 0 Å². The molecule has 1 N–H and O–H groups in total. The highest BCUT2D eigenvalue weighted by atomic mass is 15.2. The smallest absolute Gasteiger partial charge is 0.0198 e. The van der Waals surface area contributed by atoms with Crippen molar-refractivity contribution in [3.8, 4) is 0 Å². The number of nitrogens with one attached hydrogen (secondary N) is 1. The molecule has 0 bridgehead atoms. The Morgan fingerprint density at radius 3 is 2.42 bits per heavy atom. The zero-order valence-electron chi connectivity index (χ0n) is 14.1. The number of likely N-dealkylation sites (tertiary alicyclic amines) is 1. The van der Waals surface area contributed by atoms with Crippen LogP contribution in [0.2, 0.25) is 0 Å². The second-order valence-electron chi connectivity index (χ2n) is 8.13. The second kappa shape index (κ2) is 7.64. The van der Waals surface area contributed by atoms with Crippen molar-refractivity contribution in [3.63, 3.8) is 0 Å². The molecule has 19 heavy (non-hydrogen) atoms. The Hall–Kier alpha value is -0.0800. The summed E-state index contributed by atoms with van der Waals surface area (Å²) in [6.07, 6.45) is 4.00. The highest BCUT2D eigenvalue weighted by Gasteiger charge is 2.29. The summed E-state index contributed by atoms with van der Waals surface area (Å²) in [5.41, 5.74) is 0.461. The Bertz CT molecular complexity index is 242. The van der Waals surface area contributed by atoms with Crippen LogP contribution in [0.3, 0.4) is 0 Å². The lowest BCUT2D eigenvalue weighted by atomic mass is 9.80. The van der Waals surface area contributed by atoms with Gasteiger partial charge in [0.1, 0.15) is 0 Å². The quantitative estimate of drug-likeness (QED) is 0.789. The van der Waals surface area contributed by atoms with E-state index in [0.29, 0.717) is 11.5 Å². The molecule has 2 nitrogen and oxygen atoms in total. The van der Waals surface area contributed by atoms with E-state index in [0.717, 1.165) is 18.4 Å². The van der Waals surface area contributed by atoms with Gasteiger partial charge in [-0.05, 0) is 49.6 Å². The lowest BCUT2D eigenvalue weighted by molar-refractivity contribution is 0.113. The maximum Gasteiger partial charge on any atom is 0.0198 e. The van der Waals surface area contributed by atoms with Crippen molar-refractivity contribution in [2.45, 2.75) is 66.8 Å². The number of piperidine rings is 1. The minimum Gasteiger partial charge on any atom is -0.312 e. The van der Waals surface area contributed by atoms with Crippen LogP contribution in [-0.4, -0.2) is 37.1 Å². The highest BCUT2D eigenvalue weighted by molar-refractivity contribution is 4.85. The molecule has 2 atom stereocenters. The van der Waals surface area contributed by atoms with Crippen LogP contribution in [0.5, 0.6) is 0 Å². The molecule has 0 radical (unpaired) electrons. The molecular formula is C17H36N2. The van der Waals surface area contributed by atoms with E-state index >= 15 is 0 Å². The molecule has 1 saturated heterocycles. The minimum atomic E-state index is 0.461. The normalized spacial score (nSPS) is 26.1. The topological polar surface area (TPSA) is 15.3 Å². The lowest BCUT2D eigenvalue weighted by Gasteiger charge is -2.40. The van der Waals surface area contributed by atoms with Gasteiger partial charge in [-0.25, -0.2) is 0 Å². The second-order valence-corrected chi connectivity index (χ2v) is 8.13. The van der Waals surface area contributed by atoms with Crippen LogP contribution in [0.1, 0.15) is 60.8 Å². The van der Waals surface area contributed by atoms with E-state index in [1.54, 1.807) is 0 Å². The van der Waals surface area contributed by atoms with E-state index in [1.807, 2.05) is 0 Å². The van der Waals surface area contributed by atoms with Crippen LogP contribution < -0.4 is 5.32 Å². The molecule has 0 aromatic carbocycles. The summed E-state index contributed by atoms with van der Waals surface area (Å²) in [6.45, 7) is 19.0. The molecule has 2 heteroatoms. The maximum atomic E-state index is 3.78. The van der Waals surface area contributed by atoms with Gasteiger partial charge in [0.25, 0.3) is 0 Å². The summed E-state index contributed by atoms with van der Waals surface area (Å²) in [5.74, 6) is 1.62. The first-order valence-electron chi connectivity index (χ1n) is 8.26. The van der Waals surface area contributed by atoms with Crippen LogP contribution in [0.25, 0.3) is 0 Å². The monoisotopic (exact) mass is 268 g/mol. The van der Waals surface area contributed by atoms with Gasteiger partial charge in [-0.3, -0.25) is 0 Å². The third-order valence-electron chi connectivity index (χ3n) is 3.87. The molecule has 2 unspecified atom stereocenters. The largest absolute Gasteiger partial charge is 0.312 e. The van der Waals surface area contributed by atoms with E-state index in [-0.39, 0.29) is 0 Å². The number of nitrogens with zero attached hydrogens (tertiary/aromatic N) is 1. The Kier molecular flexibility index (Phi) is 6.82. The average Bonchev–Trinajstić information content (AvgIpc) is 2.24. The van der Waals surface area contributed by atoms with Crippen LogP contribution in [0.15, 0.2) is 0 Å². The molecule has 1 heterocycles. The van der Waals surface area contributed by atoms with Crippen molar-refractivity contribution in [1.29, 1.82) is 0 Å². The lowest BCUT2D eigenvalue weighted by Crippen LogP contribution is -2.50. The van der Waals surface area contributed by atoms with E-state index in [9.17, 15) is 0 Å². The van der Waals surface area contributed by atoms with Gasteiger partial charge in [-0.1, -0.05) is 41.5 Å². The maximum absolute atomic E-state index is 3.78.